The number of fused-ring (bicyclic) bond motifs is 2. The number of hydrogen-bond acceptors (Lipinski definition) is 3. The lowest BCUT2D eigenvalue weighted by Gasteiger charge is -2.20. The van der Waals surface area contributed by atoms with Crippen molar-refractivity contribution in [3.05, 3.63) is 12.2 Å². The maximum absolute atomic E-state index is 11.8. The Kier molecular flexibility index (Phi) is 2.64. The molecule has 1 saturated carbocycles. The van der Waals surface area contributed by atoms with Crippen molar-refractivity contribution in [3.63, 3.8) is 0 Å². The predicted octanol–water partition coefficient (Wildman–Crippen LogP) is 2.31. The van der Waals surface area contributed by atoms with Gasteiger partial charge in [-0.15, -0.1) is 0 Å². The second kappa shape index (κ2) is 3.72. The van der Waals surface area contributed by atoms with E-state index < -0.39 is 11.4 Å². The molecule has 0 amide bonds. The van der Waals surface area contributed by atoms with Crippen LogP contribution in [0.15, 0.2) is 12.2 Å². The largest absolute Gasteiger partial charge is 0.393 e. The van der Waals surface area contributed by atoms with Crippen molar-refractivity contribution in [2.45, 2.75) is 33.6 Å². The second-order valence-corrected chi connectivity index (χ2v) is 5.85. The molecule has 3 nitrogen and oxygen atoms in total. The minimum absolute atomic E-state index is 0.0960. The fourth-order valence-corrected chi connectivity index (χ4v) is 2.37. The van der Waals surface area contributed by atoms with Gasteiger partial charge in [0.05, 0.1) is 11.3 Å². The van der Waals surface area contributed by atoms with Crippen LogP contribution in [0.1, 0.15) is 33.6 Å². The molecule has 3 atom stereocenters. The molecule has 0 saturated heterocycles. The Bertz CT molecular complexity index is 349. The highest BCUT2D eigenvalue weighted by molar-refractivity contribution is 5.89. The van der Waals surface area contributed by atoms with Gasteiger partial charge in [0.15, 0.2) is 0 Å². The van der Waals surface area contributed by atoms with Crippen LogP contribution in [0.5, 0.6) is 0 Å². The molecule has 2 bridgehead atoms. The molecule has 2 aliphatic rings. The summed E-state index contributed by atoms with van der Waals surface area (Å²) in [6, 6.07) is 0. The van der Waals surface area contributed by atoms with Crippen LogP contribution in [0.2, 0.25) is 0 Å². The van der Waals surface area contributed by atoms with E-state index in [-0.39, 0.29) is 11.9 Å². The van der Waals surface area contributed by atoms with Crippen LogP contribution in [0.3, 0.4) is 0 Å². The predicted molar refractivity (Wildman–Crippen MR) is 59.4 cm³/mol. The van der Waals surface area contributed by atoms with Gasteiger partial charge in [0, 0.05) is 0 Å². The van der Waals surface area contributed by atoms with Gasteiger partial charge < -0.3 is 4.74 Å². The summed E-state index contributed by atoms with van der Waals surface area (Å²) >= 11 is 0. The van der Waals surface area contributed by atoms with Crippen LogP contribution in [-0.4, -0.2) is 11.9 Å². The molecule has 2 aliphatic carbocycles. The number of esters is 2. The zero-order chi connectivity index (χ0) is 11.9. The van der Waals surface area contributed by atoms with Crippen LogP contribution in [-0.2, 0) is 14.3 Å². The summed E-state index contributed by atoms with van der Waals surface area (Å²) in [6.45, 7) is 5.26. The summed E-state index contributed by atoms with van der Waals surface area (Å²) < 4.78 is 4.94. The van der Waals surface area contributed by atoms with Crippen molar-refractivity contribution < 1.29 is 14.3 Å². The number of ether oxygens (including phenoxy) is 1. The Hall–Kier alpha value is -1.12. The number of carbonyl (C=O) groups excluding carboxylic acids is 2. The average Bonchev–Trinajstić information content (AvgIpc) is 2.76. The lowest BCUT2D eigenvalue weighted by molar-refractivity contribution is -0.168. The first-order valence-corrected chi connectivity index (χ1v) is 5.82. The van der Waals surface area contributed by atoms with Crippen LogP contribution in [0.4, 0.5) is 0 Å². The fourth-order valence-electron chi connectivity index (χ4n) is 2.37. The maximum atomic E-state index is 11.8. The highest BCUT2D eigenvalue weighted by Crippen LogP contribution is 2.44. The zero-order valence-electron chi connectivity index (χ0n) is 10.0. The molecule has 0 heterocycles. The minimum atomic E-state index is -0.608. The van der Waals surface area contributed by atoms with Gasteiger partial charge in [-0.2, -0.15) is 0 Å². The van der Waals surface area contributed by atoms with Crippen molar-refractivity contribution >= 4 is 11.9 Å². The van der Waals surface area contributed by atoms with E-state index in [1.807, 2.05) is 0 Å². The van der Waals surface area contributed by atoms with E-state index in [1.165, 1.54) is 0 Å². The van der Waals surface area contributed by atoms with E-state index >= 15 is 0 Å². The molecular weight excluding hydrogens is 204 g/mol. The molecule has 0 aliphatic heterocycles. The lowest BCUT2D eigenvalue weighted by atomic mass is 9.93. The van der Waals surface area contributed by atoms with Gasteiger partial charge in [0.1, 0.15) is 0 Å². The normalized spacial score (nSPS) is 31.8. The minimum Gasteiger partial charge on any atom is -0.393 e. The molecule has 3 heteroatoms. The third kappa shape index (κ3) is 2.04. The summed E-state index contributed by atoms with van der Waals surface area (Å²) in [5.74, 6) is -0.0418. The highest BCUT2D eigenvalue weighted by atomic mass is 16.6. The fraction of sp³-hybridized carbons (Fsp3) is 0.692. The van der Waals surface area contributed by atoms with Crippen molar-refractivity contribution in [1.29, 1.82) is 0 Å². The molecule has 1 fully saturated rings. The van der Waals surface area contributed by atoms with E-state index in [2.05, 4.69) is 12.2 Å². The van der Waals surface area contributed by atoms with E-state index in [1.54, 1.807) is 20.8 Å². The first-order valence-electron chi connectivity index (χ1n) is 5.82. The molecule has 88 valence electrons. The number of allylic oxidation sites excluding steroid dienone is 2. The third-order valence-corrected chi connectivity index (χ3v) is 3.39. The molecule has 3 unspecified atom stereocenters. The summed E-state index contributed by atoms with van der Waals surface area (Å²) in [5, 5.41) is 0. The SMILES string of the molecule is CC(C)(C)C(=O)OC(=O)C1CC2C=CC1C2. The number of rotatable bonds is 1. The monoisotopic (exact) mass is 222 g/mol. The van der Waals surface area contributed by atoms with Gasteiger partial charge in [-0.3, -0.25) is 9.59 Å². The Morgan fingerprint density at radius 2 is 1.88 bits per heavy atom. The number of hydrogen-bond donors (Lipinski definition) is 0. The van der Waals surface area contributed by atoms with Crippen LogP contribution in [0.25, 0.3) is 0 Å². The quantitative estimate of drug-likeness (QED) is 0.388. The summed E-state index contributed by atoms with van der Waals surface area (Å²) in [4.78, 5) is 23.4. The second-order valence-electron chi connectivity index (χ2n) is 5.85. The molecule has 0 aromatic heterocycles. The standard InChI is InChI=1S/C13H18O3/c1-13(2,3)12(15)16-11(14)10-7-8-4-5-9(10)6-8/h4-5,8-10H,6-7H2,1-3H3. The molecule has 0 spiro atoms. The average molecular weight is 222 g/mol. The van der Waals surface area contributed by atoms with Crippen molar-refractivity contribution in [1.82, 2.24) is 0 Å². The summed E-state index contributed by atoms with van der Waals surface area (Å²) in [5.41, 5.74) is -0.608. The van der Waals surface area contributed by atoms with E-state index in [9.17, 15) is 9.59 Å². The van der Waals surface area contributed by atoms with Gasteiger partial charge in [-0.05, 0) is 45.4 Å². The first-order chi connectivity index (χ1) is 7.38. The van der Waals surface area contributed by atoms with Gasteiger partial charge in [-0.25, -0.2) is 0 Å². The van der Waals surface area contributed by atoms with Crippen LogP contribution in [0, 0.1) is 23.2 Å². The van der Waals surface area contributed by atoms with Crippen LogP contribution >= 0.6 is 0 Å². The van der Waals surface area contributed by atoms with E-state index in [0.717, 1.165) is 12.8 Å². The van der Waals surface area contributed by atoms with Gasteiger partial charge in [0.2, 0.25) is 0 Å². The van der Waals surface area contributed by atoms with Crippen LogP contribution < -0.4 is 0 Å². The first kappa shape index (κ1) is 11.4. The van der Waals surface area contributed by atoms with Gasteiger partial charge in [0.25, 0.3) is 0 Å². The maximum Gasteiger partial charge on any atom is 0.318 e. The molecule has 16 heavy (non-hydrogen) atoms. The molecule has 0 N–H and O–H groups in total. The number of carbonyl (C=O) groups is 2. The van der Waals surface area contributed by atoms with Gasteiger partial charge >= 0.3 is 11.9 Å². The molecule has 0 aromatic carbocycles. The molecule has 0 radical (unpaired) electrons. The Morgan fingerprint density at radius 3 is 2.31 bits per heavy atom. The van der Waals surface area contributed by atoms with Crippen molar-refractivity contribution in [3.8, 4) is 0 Å². The Labute approximate surface area is 95.9 Å². The third-order valence-electron chi connectivity index (χ3n) is 3.39. The Balaban J connectivity index is 1.95. The van der Waals surface area contributed by atoms with Crippen molar-refractivity contribution in [2.24, 2.45) is 23.2 Å². The zero-order valence-corrected chi connectivity index (χ0v) is 10.0. The smallest absolute Gasteiger partial charge is 0.318 e. The molecule has 2 rings (SSSR count). The highest BCUT2D eigenvalue weighted by Gasteiger charge is 2.42. The topological polar surface area (TPSA) is 43.4 Å². The van der Waals surface area contributed by atoms with Crippen molar-refractivity contribution in [2.75, 3.05) is 0 Å². The molecule has 0 aromatic rings. The molecular formula is C13H18O3. The van der Waals surface area contributed by atoms with Gasteiger partial charge in [-0.1, -0.05) is 12.2 Å². The lowest BCUT2D eigenvalue weighted by Crippen LogP contribution is -2.30. The summed E-state index contributed by atoms with van der Waals surface area (Å²) in [7, 11) is 0. The van der Waals surface area contributed by atoms with E-state index in [4.69, 9.17) is 4.74 Å². The van der Waals surface area contributed by atoms with E-state index in [0.29, 0.717) is 11.8 Å². The summed E-state index contributed by atoms with van der Waals surface area (Å²) in [6.07, 6.45) is 6.14. The Morgan fingerprint density at radius 1 is 1.19 bits per heavy atom.